The summed E-state index contributed by atoms with van der Waals surface area (Å²) in [6, 6.07) is 15.5. The maximum Gasteiger partial charge on any atom is 0.227 e. The second-order valence-corrected chi connectivity index (χ2v) is 5.21. The van der Waals surface area contributed by atoms with Crippen LogP contribution in [0.25, 0.3) is 0 Å². The van der Waals surface area contributed by atoms with E-state index in [0.29, 0.717) is 19.6 Å². The van der Waals surface area contributed by atoms with E-state index >= 15 is 0 Å². The van der Waals surface area contributed by atoms with Crippen molar-refractivity contribution in [2.24, 2.45) is 0 Å². The van der Waals surface area contributed by atoms with Gasteiger partial charge in [-0.25, -0.2) is 0 Å². The summed E-state index contributed by atoms with van der Waals surface area (Å²) < 4.78 is 10.7. The number of anilines is 1. The van der Waals surface area contributed by atoms with Gasteiger partial charge in [-0.15, -0.1) is 0 Å². The van der Waals surface area contributed by atoms with E-state index < -0.39 is 0 Å². The molecule has 0 radical (unpaired) electrons. The topological polar surface area (TPSA) is 38.8 Å². The van der Waals surface area contributed by atoms with Gasteiger partial charge in [0.2, 0.25) is 5.91 Å². The third kappa shape index (κ3) is 3.06. The van der Waals surface area contributed by atoms with Crippen LogP contribution < -0.4 is 14.4 Å². The Bertz CT molecular complexity index is 652. The molecule has 1 aliphatic heterocycles. The highest BCUT2D eigenvalue weighted by atomic mass is 16.5. The van der Waals surface area contributed by atoms with Gasteiger partial charge in [0.25, 0.3) is 0 Å². The number of rotatable bonds is 4. The Morgan fingerprint density at radius 3 is 2.73 bits per heavy atom. The van der Waals surface area contributed by atoms with Crippen molar-refractivity contribution in [2.45, 2.75) is 12.8 Å². The standard InChI is InChI=1S/C18H19NO3/c1-21-15-9-6-14(7-10-15)8-11-18(20)19-12-13-22-17-5-3-2-4-16(17)19/h2-7,9-10H,8,11-13H2,1H3. The first kappa shape index (κ1) is 14.4. The molecule has 0 spiro atoms. The highest BCUT2D eigenvalue weighted by molar-refractivity contribution is 5.95. The van der Waals surface area contributed by atoms with Crippen LogP contribution in [0.1, 0.15) is 12.0 Å². The lowest BCUT2D eigenvalue weighted by Crippen LogP contribution is -2.38. The molecule has 0 fully saturated rings. The number of carbonyl (C=O) groups is 1. The highest BCUT2D eigenvalue weighted by Crippen LogP contribution is 2.31. The van der Waals surface area contributed by atoms with Crippen molar-refractivity contribution in [1.82, 2.24) is 0 Å². The van der Waals surface area contributed by atoms with Crippen molar-refractivity contribution < 1.29 is 14.3 Å². The minimum Gasteiger partial charge on any atom is -0.497 e. The number of nitrogens with zero attached hydrogens (tertiary/aromatic N) is 1. The second-order valence-electron chi connectivity index (χ2n) is 5.21. The largest absolute Gasteiger partial charge is 0.497 e. The summed E-state index contributed by atoms with van der Waals surface area (Å²) in [6.45, 7) is 1.16. The molecule has 2 aromatic carbocycles. The molecule has 1 aliphatic rings. The van der Waals surface area contributed by atoms with E-state index in [1.165, 1.54) is 0 Å². The van der Waals surface area contributed by atoms with Crippen LogP contribution in [0.4, 0.5) is 5.69 Å². The number of ether oxygens (including phenoxy) is 2. The van der Waals surface area contributed by atoms with Crippen LogP contribution in [0.5, 0.6) is 11.5 Å². The van der Waals surface area contributed by atoms with Gasteiger partial charge in [-0.1, -0.05) is 24.3 Å². The monoisotopic (exact) mass is 297 g/mol. The van der Waals surface area contributed by atoms with E-state index in [1.807, 2.05) is 53.4 Å². The van der Waals surface area contributed by atoms with Gasteiger partial charge in [0.05, 0.1) is 19.3 Å². The number of methoxy groups -OCH3 is 1. The Morgan fingerprint density at radius 2 is 1.95 bits per heavy atom. The molecule has 0 aromatic heterocycles. The number of amides is 1. The molecule has 0 N–H and O–H groups in total. The molecule has 22 heavy (non-hydrogen) atoms. The van der Waals surface area contributed by atoms with Gasteiger partial charge in [-0.3, -0.25) is 4.79 Å². The summed E-state index contributed by atoms with van der Waals surface area (Å²) in [4.78, 5) is 14.3. The maximum atomic E-state index is 12.5. The van der Waals surface area contributed by atoms with Crippen LogP contribution in [0.2, 0.25) is 0 Å². The molecule has 114 valence electrons. The van der Waals surface area contributed by atoms with Gasteiger partial charge >= 0.3 is 0 Å². The van der Waals surface area contributed by atoms with Crippen molar-refractivity contribution in [2.75, 3.05) is 25.2 Å². The zero-order valence-corrected chi connectivity index (χ0v) is 12.6. The lowest BCUT2D eigenvalue weighted by Gasteiger charge is -2.29. The Balaban J connectivity index is 1.65. The van der Waals surface area contributed by atoms with E-state index in [9.17, 15) is 4.79 Å². The molecule has 2 aromatic rings. The van der Waals surface area contributed by atoms with Gasteiger partial charge < -0.3 is 14.4 Å². The lowest BCUT2D eigenvalue weighted by atomic mass is 10.1. The third-order valence-electron chi connectivity index (χ3n) is 3.82. The van der Waals surface area contributed by atoms with Crippen LogP contribution in [0.15, 0.2) is 48.5 Å². The third-order valence-corrected chi connectivity index (χ3v) is 3.82. The van der Waals surface area contributed by atoms with E-state index in [0.717, 1.165) is 29.2 Å². The van der Waals surface area contributed by atoms with Gasteiger partial charge in [-0.05, 0) is 36.2 Å². The Kier molecular flexibility index (Phi) is 4.28. The molecule has 0 unspecified atom stereocenters. The second kappa shape index (κ2) is 6.52. The summed E-state index contributed by atoms with van der Waals surface area (Å²) in [7, 11) is 1.65. The van der Waals surface area contributed by atoms with Crippen molar-refractivity contribution in [3.8, 4) is 11.5 Å². The average molecular weight is 297 g/mol. The predicted molar refractivity (Wildman–Crippen MR) is 85.6 cm³/mol. The average Bonchev–Trinajstić information content (AvgIpc) is 2.59. The molecule has 0 bridgehead atoms. The predicted octanol–water partition coefficient (Wildman–Crippen LogP) is 3.05. The number of carbonyl (C=O) groups excluding carboxylic acids is 1. The van der Waals surface area contributed by atoms with E-state index in [-0.39, 0.29) is 5.91 Å². The molecule has 0 saturated heterocycles. The highest BCUT2D eigenvalue weighted by Gasteiger charge is 2.22. The minimum absolute atomic E-state index is 0.131. The van der Waals surface area contributed by atoms with Crippen LogP contribution in [0, 0.1) is 0 Å². The van der Waals surface area contributed by atoms with Crippen LogP contribution in [-0.2, 0) is 11.2 Å². The molecular formula is C18H19NO3. The summed E-state index contributed by atoms with van der Waals surface area (Å²) in [5.74, 6) is 1.75. The SMILES string of the molecule is COc1ccc(CCC(=O)N2CCOc3ccccc32)cc1. The zero-order valence-electron chi connectivity index (χ0n) is 12.6. The summed E-state index contributed by atoms with van der Waals surface area (Å²) in [5, 5.41) is 0. The minimum atomic E-state index is 0.131. The Hall–Kier alpha value is -2.49. The van der Waals surface area contributed by atoms with Crippen LogP contribution in [-0.4, -0.2) is 26.2 Å². The fourth-order valence-electron chi connectivity index (χ4n) is 2.61. The van der Waals surface area contributed by atoms with E-state index in [4.69, 9.17) is 9.47 Å². The molecular weight excluding hydrogens is 278 g/mol. The Labute approximate surface area is 130 Å². The van der Waals surface area contributed by atoms with Crippen LogP contribution in [0.3, 0.4) is 0 Å². The molecule has 4 nitrogen and oxygen atoms in total. The van der Waals surface area contributed by atoms with Gasteiger partial charge in [-0.2, -0.15) is 0 Å². The molecule has 0 atom stereocenters. The van der Waals surface area contributed by atoms with Gasteiger partial charge in [0.1, 0.15) is 18.1 Å². The molecule has 0 aliphatic carbocycles. The number of hydrogen-bond acceptors (Lipinski definition) is 3. The first-order valence-corrected chi connectivity index (χ1v) is 7.43. The molecule has 1 heterocycles. The van der Waals surface area contributed by atoms with E-state index in [2.05, 4.69) is 0 Å². The summed E-state index contributed by atoms with van der Waals surface area (Å²) in [6.07, 6.45) is 1.21. The van der Waals surface area contributed by atoms with Gasteiger partial charge in [0.15, 0.2) is 0 Å². The lowest BCUT2D eigenvalue weighted by molar-refractivity contribution is -0.118. The summed E-state index contributed by atoms with van der Waals surface area (Å²) >= 11 is 0. The number of fused-ring (bicyclic) bond motifs is 1. The normalized spacial score (nSPS) is 13.2. The molecule has 0 saturated carbocycles. The molecule has 1 amide bonds. The quantitative estimate of drug-likeness (QED) is 0.870. The molecule has 3 rings (SSSR count). The fraction of sp³-hybridized carbons (Fsp3) is 0.278. The van der Waals surface area contributed by atoms with Gasteiger partial charge in [0, 0.05) is 6.42 Å². The van der Waals surface area contributed by atoms with Crippen molar-refractivity contribution >= 4 is 11.6 Å². The number of para-hydroxylation sites is 2. The fourth-order valence-corrected chi connectivity index (χ4v) is 2.61. The maximum absolute atomic E-state index is 12.5. The molecule has 4 heteroatoms. The first-order chi connectivity index (χ1) is 10.8. The Morgan fingerprint density at radius 1 is 1.18 bits per heavy atom. The van der Waals surface area contributed by atoms with Crippen molar-refractivity contribution in [3.63, 3.8) is 0 Å². The van der Waals surface area contributed by atoms with E-state index in [1.54, 1.807) is 7.11 Å². The number of hydrogen-bond donors (Lipinski definition) is 0. The smallest absolute Gasteiger partial charge is 0.227 e. The van der Waals surface area contributed by atoms with Crippen molar-refractivity contribution in [1.29, 1.82) is 0 Å². The summed E-state index contributed by atoms with van der Waals surface area (Å²) in [5.41, 5.74) is 2.00. The van der Waals surface area contributed by atoms with Crippen molar-refractivity contribution in [3.05, 3.63) is 54.1 Å². The number of aryl methyl sites for hydroxylation is 1. The number of benzene rings is 2. The zero-order chi connectivity index (χ0) is 15.4. The van der Waals surface area contributed by atoms with Crippen LogP contribution >= 0.6 is 0 Å². The first-order valence-electron chi connectivity index (χ1n) is 7.43.